The number of methoxy groups -OCH3 is 1. The van der Waals surface area contributed by atoms with Crippen LogP contribution in [-0.4, -0.2) is 36.3 Å². The van der Waals surface area contributed by atoms with Crippen molar-refractivity contribution in [1.29, 1.82) is 0 Å². The van der Waals surface area contributed by atoms with E-state index >= 15 is 0 Å². The van der Waals surface area contributed by atoms with Crippen LogP contribution in [0.3, 0.4) is 0 Å². The highest BCUT2D eigenvalue weighted by Gasteiger charge is 2.38. The van der Waals surface area contributed by atoms with Crippen molar-refractivity contribution < 1.29 is 33.4 Å². The van der Waals surface area contributed by atoms with Crippen LogP contribution in [0.25, 0.3) is 11.1 Å². The number of fused-ring (bicyclic) bond motifs is 1. The van der Waals surface area contributed by atoms with Gasteiger partial charge in [-0.25, -0.2) is 4.79 Å². The highest BCUT2D eigenvalue weighted by atomic mass is 16.8. The van der Waals surface area contributed by atoms with Crippen LogP contribution in [0, 0.1) is 5.92 Å². The topological polar surface area (TPSA) is 91.4 Å². The highest BCUT2D eigenvalue weighted by Crippen LogP contribution is 2.37. The molecular formula is C27H33NO7. The average Bonchev–Trinajstić information content (AvgIpc) is 2.74. The molecule has 3 rings (SSSR count). The number of benzene rings is 2. The van der Waals surface area contributed by atoms with Gasteiger partial charge in [0.2, 0.25) is 0 Å². The summed E-state index contributed by atoms with van der Waals surface area (Å²) in [4.78, 5) is 43.8. The lowest BCUT2D eigenvalue weighted by Gasteiger charge is -2.33. The number of hydroxylamine groups is 1. The second kappa shape index (κ2) is 9.98. The summed E-state index contributed by atoms with van der Waals surface area (Å²) in [6.45, 7) is 10.4. The molecule has 2 aromatic carbocycles. The number of amides is 1. The molecule has 8 heteroatoms. The Kier molecular flexibility index (Phi) is 7.43. The summed E-state index contributed by atoms with van der Waals surface area (Å²) in [6.07, 6.45) is -0.845. The van der Waals surface area contributed by atoms with Crippen LogP contribution in [-0.2, 0) is 30.3 Å². The van der Waals surface area contributed by atoms with Gasteiger partial charge in [0.15, 0.2) is 0 Å². The number of ether oxygens (including phenoxy) is 3. The first kappa shape index (κ1) is 26.1. The molecule has 1 atom stereocenters. The van der Waals surface area contributed by atoms with Gasteiger partial charge in [0.1, 0.15) is 17.0 Å². The van der Waals surface area contributed by atoms with E-state index in [2.05, 4.69) is 0 Å². The van der Waals surface area contributed by atoms with E-state index < -0.39 is 35.2 Å². The zero-order valence-corrected chi connectivity index (χ0v) is 21.3. The van der Waals surface area contributed by atoms with Gasteiger partial charge >= 0.3 is 12.1 Å². The Labute approximate surface area is 206 Å². The average molecular weight is 484 g/mol. The summed E-state index contributed by atoms with van der Waals surface area (Å²) in [5.41, 5.74) is 1.36. The first-order valence-corrected chi connectivity index (χ1v) is 11.5. The van der Waals surface area contributed by atoms with Gasteiger partial charge in [-0.15, -0.1) is 5.06 Å². The number of hydrogen-bond acceptors (Lipinski definition) is 7. The van der Waals surface area contributed by atoms with Crippen LogP contribution < -0.4 is 9.80 Å². The summed E-state index contributed by atoms with van der Waals surface area (Å²) < 4.78 is 16.0. The van der Waals surface area contributed by atoms with Crippen LogP contribution >= 0.6 is 0 Å². The molecule has 35 heavy (non-hydrogen) atoms. The van der Waals surface area contributed by atoms with E-state index in [0.29, 0.717) is 17.9 Å². The number of carbonyl (C=O) groups is 3. The van der Waals surface area contributed by atoms with Crippen molar-refractivity contribution in [3.05, 3.63) is 48.0 Å². The van der Waals surface area contributed by atoms with Gasteiger partial charge in [-0.3, -0.25) is 14.4 Å². The SMILES string of the molecule is COc1cccc(-c2ccc3c(c2)N(OC(=O)OC(C)(C)C)C(=O)C(CC(=O)OC(C)(C)C)C3)c1. The van der Waals surface area contributed by atoms with Crippen LogP contribution in [0.1, 0.15) is 53.5 Å². The normalized spacial score (nSPS) is 15.8. The molecule has 0 fully saturated rings. The van der Waals surface area contributed by atoms with Crippen molar-refractivity contribution in [2.75, 3.05) is 12.2 Å². The molecule has 0 aromatic heterocycles. The summed E-state index contributed by atoms with van der Waals surface area (Å²) in [5.74, 6) is -1.07. The molecule has 0 N–H and O–H groups in total. The van der Waals surface area contributed by atoms with Crippen molar-refractivity contribution in [1.82, 2.24) is 0 Å². The number of anilines is 1. The van der Waals surface area contributed by atoms with E-state index in [1.807, 2.05) is 36.4 Å². The third-order valence-electron chi connectivity index (χ3n) is 5.11. The Morgan fingerprint density at radius 2 is 1.60 bits per heavy atom. The molecule has 0 bridgehead atoms. The molecule has 1 unspecified atom stereocenters. The van der Waals surface area contributed by atoms with E-state index in [4.69, 9.17) is 19.0 Å². The molecule has 188 valence electrons. The van der Waals surface area contributed by atoms with Gasteiger partial charge in [-0.1, -0.05) is 24.3 Å². The highest BCUT2D eigenvalue weighted by molar-refractivity contribution is 5.99. The minimum Gasteiger partial charge on any atom is -0.497 e. The third kappa shape index (κ3) is 6.97. The Bertz CT molecular complexity index is 1110. The number of nitrogens with zero attached hydrogens (tertiary/aromatic N) is 1. The van der Waals surface area contributed by atoms with E-state index in [1.165, 1.54) is 0 Å². The van der Waals surface area contributed by atoms with Crippen molar-refractivity contribution in [2.24, 2.45) is 5.92 Å². The molecule has 1 aliphatic heterocycles. The molecular weight excluding hydrogens is 450 g/mol. The fourth-order valence-corrected chi connectivity index (χ4v) is 3.73. The fourth-order valence-electron chi connectivity index (χ4n) is 3.73. The zero-order valence-electron chi connectivity index (χ0n) is 21.3. The Morgan fingerprint density at radius 3 is 2.23 bits per heavy atom. The first-order valence-electron chi connectivity index (χ1n) is 11.5. The summed E-state index contributed by atoms with van der Waals surface area (Å²) in [7, 11) is 1.59. The van der Waals surface area contributed by atoms with Crippen LogP contribution in [0.15, 0.2) is 42.5 Å². The Balaban J connectivity index is 1.96. The standard InChI is InChI=1S/C27H33NO7/c1-26(2,3)33-23(29)16-20-13-19-12-11-18(17-9-8-10-21(14-17)32-7)15-22(19)28(24(20)30)35-25(31)34-27(4,5)6/h8-12,14-15,20H,13,16H2,1-7H3. The van der Waals surface area contributed by atoms with E-state index in [1.54, 1.807) is 54.7 Å². The van der Waals surface area contributed by atoms with Crippen molar-refractivity contribution in [3.63, 3.8) is 0 Å². The lowest BCUT2D eigenvalue weighted by Crippen LogP contribution is -2.44. The Hall–Kier alpha value is -3.55. The quantitative estimate of drug-likeness (QED) is 0.521. The van der Waals surface area contributed by atoms with E-state index in [-0.39, 0.29) is 6.42 Å². The van der Waals surface area contributed by atoms with Crippen LogP contribution in [0.5, 0.6) is 5.75 Å². The molecule has 1 heterocycles. The number of hydrogen-bond donors (Lipinski definition) is 0. The minimum absolute atomic E-state index is 0.138. The lowest BCUT2D eigenvalue weighted by molar-refractivity contribution is -0.157. The van der Waals surface area contributed by atoms with Gasteiger partial charge in [-0.2, -0.15) is 0 Å². The number of carbonyl (C=O) groups excluding carboxylic acids is 3. The van der Waals surface area contributed by atoms with Gasteiger partial charge < -0.3 is 14.2 Å². The number of rotatable bonds is 5. The molecule has 0 aliphatic carbocycles. The second-order valence-electron chi connectivity index (χ2n) is 10.5. The maximum absolute atomic E-state index is 13.4. The second-order valence-corrected chi connectivity index (χ2v) is 10.5. The largest absolute Gasteiger partial charge is 0.534 e. The first-order chi connectivity index (χ1) is 16.3. The van der Waals surface area contributed by atoms with Gasteiger partial charge in [-0.05, 0) is 82.9 Å². The molecule has 0 saturated heterocycles. The van der Waals surface area contributed by atoms with Crippen molar-refractivity contribution in [2.45, 2.75) is 65.6 Å². The summed E-state index contributed by atoms with van der Waals surface area (Å²) >= 11 is 0. The zero-order chi connectivity index (χ0) is 26.0. The van der Waals surface area contributed by atoms with Crippen molar-refractivity contribution >= 4 is 23.7 Å². The monoisotopic (exact) mass is 483 g/mol. The summed E-state index contributed by atoms with van der Waals surface area (Å²) in [6, 6.07) is 13.0. The van der Waals surface area contributed by atoms with Crippen molar-refractivity contribution in [3.8, 4) is 16.9 Å². The smallest absolute Gasteiger partial charge is 0.497 e. The molecule has 0 spiro atoms. The third-order valence-corrected chi connectivity index (χ3v) is 5.11. The fraction of sp³-hybridized carbons (Fsp3) is 0.444. The Morgan fingerprint density at radius 1 is 0.943 bits per heavy atom. The lowest BCUT2D eigenvalue weighted by atomic mass is 9.89. The molecule has 0 saturated carbocycles. The molecule has 1 amide bonds. The number of esters is 1. The molecule has 8 nitrogen and oxygen atoms in total. The predicted molar refractivity (Wildman–Crippen MR) is 131 cm³/mol. The molecule has 2 aromatic rings. The van der Waals surface area contributed by atoms with E-state index in [9.17, 15) is 14.4 Å². The van der Waals surface area contributed by atoms with E-state index in [0.717, 1.165) is 21.8 Å². The summed E-state index contributed by atoms with van der Waals surface area (Å²) in [5, 5.41) is 0.936. The molecule has 1 aliphatic rings. The van der Waals surface area contributed by atoms with Crippen LogP contribution in [0.4, 0.5) is 10.5 Å². The van der Waals surface area contributed by atoms with Gasteiger partial charge in [0.05, 0.1) is 25.1 Å². The minimum atomic E-state index is -1.01. The maximum Gasteiger partial charge on any atom is 0.534 e. The molecule has 0 radical (unpaired) electrons. The predicted octanol–water partition coefficient (Wildman–Crippen LogP) is 5.47. The van der Waals surface area contributed by atoms with Crippen LogP contribution in [0.2, 0.25) is 0 Å². The van der Waals surface area contributed by atoms with Gasteiger partial charge in [0.25, 0.3) is 5.91 Å². The maximum atomic E-state index is 13.4. The van der Waals surface area contributed by atoms with Gasteiger partial charge in [0, 0.05) is 0 Å².